The van der Waals surface area contributed by atoms with Gasteiger partial charge in [-0.1, -0.05) is 30.3 Å². The second-order valence-corrected chi connectivity index (χ2v) is 7.52. The quantitative estimate of drug-likeness (QED) is 0.288. The van der Waals surface area contributed by atoms with Crippen LogP contribution in [-0.4, -0.2) is 58.9 Å². The van der Waals surface area contributed by atoms with Crippen LogP contribution in [0, 0.1) is 5.92 Å². The van der Waals surface area contributed by atoms with Gasteiger partial charge in [0, 0.05) is 44.2 Å². The van der Waals surface area contributed by atoms with Gasteiger partial charge in [-0.05, 0) is 18.1 Å². The maximum atomic E-state index is 5.94. The van der Waals surface area contributed by atoms with Gasteiger partial charge >= 0.3 is 0 Å². The third kappa shape index (κ3) is 6.90. The summed E-state index contributed by atoms with van der Waals surface area (Å²) in [6, 6.07) is 14.1. The summed E-state index contributed by atoms with van der Waals surface area (Å²) in [4.78, 5) is 6.75. The first-order valence-corrected chi connectivity index (χ1v) is 10.5. The highest BCUT2D eigenvalue weighted by molar-refractivity contribution is 14.0. The highest BCUT2D eigenvalue weighted by atomic mass is 127. The van der Waals surface area contributed by atoms with Crippen molar-refractivity contribution >= 4 is 29.9 Å². The van der Waals surface area contributed by atoms with Crippen LogP contribution in [0.25, 0.3) is 0 Å². The first-order chi connectivity index (χ1) is 15.2. The monoisotopic (exact) mass is 555 g/mol. The molecule has 32 heavy (non-hydrogen) atoms. The van der Waals surface area contributed by atoms with Crippen LogP contribution >= 0.6 is 24.0 Å². The number of methoxy groups -OCH3 is 3. The fraction of sp³-hybridized carbons (Fsp3) is 0.458. The molecule has 7 nitrogen and oxygen atoms in total. The van der Waals surface area contributed by atoms with Crippen LogP contribution in [0.2, 0.25) is 0 Å². The number of ether oxygens (including phenoxy) is 4. The molecule has 1 aliphatic heterocycles. The van der Waals surface area contributed by atoms with E-state index in [0.29, 0.717) is 30.6 Å². The summed E-state index contributed by atoms with van der Waals surface area (Å²) in [5, 5.41) is 3.45. The molecule has 1 fully saturated rings. The second kappa shape index (κ2) is 13.4. The Hall–Kier alpha value is -2.20. The van der Waals surface area contributed by atoms with Crippen molar-refractivity contribution in [2.45, 2.75) is 19.6 Å². The molecule has 0 amide bonds. The van der Waals surface area contributed by atoms with E-state index in [9.17, 15) is 0 Å². The van der Waals surface area contributed by atoms with Crippen LogP contribution in [0.5, 0.6) is 17.2 Å². The Labute approximate surface area is 208 Å². The molecule has 1 saturated heterocycles. The number of nitrogens with one attached hydrogen (secondary N) is 1. The van der Waals surface area contributed by atoms with Crippen molar-refractivity contribution in [2.24, 2.45) is 10.9 Å². The van der Waals surface area contributed by atoms with Gasteiger partial charge in [-0.25, -0.2) is 0 Å². The van der Waals surface area contributed by atoms with Crippen molar-refractivity contribution in [3.8, 4) is 17.2 Å². The Bertz CT molecular complexity index is 864. The van der Waals surface area contributed by atoms with Crippen LogP contribution < -0.4 is 19.5 Å². The molecule has 0 radical (unpaired) electrons. The van der Waals surface area contributed by atoms with Crippen LogP contribution in [0.15, 0.2) is 47.5 Å². The van der Waals surface area contributed by atoms with Crippen LogP contribution in [0.1, 0.15) is 17.5 Å². The summed E-state index contributed by atoms with van der Waals surface area (Å²) in [6.45, 7) is 3.87. The Balaban J connectivity index is 0.00000363. The first-order valence-electron chi connectivity index (χ1n) is 10.5. The molecule has 0 bridgehead atoms. The topological polar surface area (TPSA) is 64.6 Å². The molecule has 0 aromatic heterocycles. The molecule has 0 spiro atoms. The molecule has 2 aromatic rings. The van der Waals surface area contributed by atoms with Crippen LogP contribution in [0.3, 0.4) is 0 Å². The van der Waals surface area contributed by atoms with E-state index in [1.54, 1.807) is 21.3 Å². The minimum Gasteiger partial charge on any atom is -0.496 e. The van der Waals surface area contributed by atoms with Gasteiger partial charge in [-0.2, -0.15) is 0 Å². The largest absolute Gasteiger partial charge is 0.496 e. The van der Waals surface area contributed by atoms with Gasteiger partial charge < -0.3 is 29.2 Å². The Morgan fingerprint density at radius 2 is 1.72 bits per heavy atom. The summed E-state index contributed by atoms with van der Waals surface area (Å²) >= 11 is 0. The van der Waals surface area contributed by atoms with E-state index in [0.717, 1.165) is 43.4 Å². The lowest BCUT2D eigenvalue weighted by Crippen LogP contribution is -2.39. The van der Waals surface area contributed by atoms with Gasteiger partial charge in [0.15, 0.2) is 17.5 Å². The molecule has 8 heteroatoms. The van der Waals surface area contributed by atoms with Crippen molar-refractivity contribution < 1.29 is 18.9 Å². The minimum absolute atomic E-state index is 0. The van der Waals surface area contributed by atoms with E-state index >= 15 is 0 Å². The fourth-order valence-corrected chi connectivity index (χ4v) is 3.82. The van der Waals surface area contributed by atoms with Gasteiger partial charge in [-0.3, -0.25) is 4.99 Å². The highest BCUT2D eigenvalue weighted by Gasteiger charge is 2.25. The van der Waals surface area contributed by atoms with E-state index in [1.165, 1.54) is 5.56 Å². The molecule has 1 atom stereocenters. The number of rotatable bonds is 9. The van der Waals surface area contributed by atoms with Crippen molar-refractivity contribution in [3.05, 3.63) is 53.6 Å². The summed E-state index contributed by atoms with van der Waals surface area (Å²) in [7, 11) is 6.71. The lowest BCUT2D eigenvalue weighted by atomic mass is 10.1. The predicted molar refractivity (Wildman–Crippen MR) is 137 cm³/mol. The Morgan fingerprint density at radius 1 is 1.03 bits per heavy atom. The number of aliphatic imine (C=N–C) groups is 1. The number of guanidine groups is 1. The summed E-state index contributed by atoms with van der Waals surface area (Å²) < 4.78 is 22.3. The summed E-state index contributed by atoms with van der Waals surface area (Å²) in [5.74, 6) is 3.44. The molecule has 176 valence electrons. The number of halogens is 1. The summed E-state index contributed by atoms with van der Waals surface area (Å²) in [6.07, 6.45) is 1.09. The Kier molecular flexibility index (Phi) is 10.9. The molecule has 2 aromatic carbocycles. The SMILES string of the molecule is CN=C(NCc1cc(OC)c(OC)cc1OC)N1CCC(COCc2ccccc2)C1.I. The zero-order valence-electron chi connectivity index (χ0n) is 19.3. The van der Waals surface area contributed by atoms with E-state index in [2.05, 4.69) is 27.3 Å². The molecule has 3 rings (SSSR count). The number of hydrogen-bond acceptors (Lipinski definition) is 5. The van der Waals surface area contributed by atoms with E-state index in [-0.39, 0.29) is 24.0 Å². The van der Waals surface area contributed by atoms with Crippen LogP contribution in [-0.2, 0) is 17.9 Å². The van der Waals surface area contributed by atoms with Gasteiger partial charge in [0.05, 0.1) is 34.5 Å². The lowest BCUT2D eigenvalue weighted by Gasteiger charge is -2.22. The van der Waals surface area contributed by atoms with Gasteiger partial charge in [0.1, 0.15) is 5.75 Å². The van der Waals surface area contributed by atoms with Crippen molar-refractivity contribution in [1.82, 2.24) is 10.2 Å². The van der Waals surface area contributed by atoms with Crippen LogP contribution in [0.4, 0.5) is 0 Å². The maximum Gasteiger partial charge on any atom is 0.193 e. The Morgan fingerprint density at radius 3 is 2.38 bits per heavy atom. The molecular formula is C24H34IN3O4. The van der Waals surface area contributed by atoms with Gasteiger partial charge in [0.2, 0.25) is 0 Å². The molecule has 0 saturated carbocycles. The maximum absolute atomic E-state index is 5.94. The second-order valence-electron chi connectivity index (χ2n) is 7.52. The number of likely N-dealkylation sites (tertiary alicyclic amines) is 1. The normalized spacial score (nSPS) is 15.8. The fourth-order valence-electron chi connectivity index (χ4n) is 3.82. The third-order valence-corrected chi connectivity index (χ3v) is 5.49. The number of hydrogen-bond donors (Lipinski definition) is 1. The zero-order chi connectivity index (χ0) is 22.1. The number of nitrogens with zero attached hydrogens (tertiary/aromatic N) is 2. The van der Waals surface area contributed by atoms with E-state index < -0.39 is 0 Å². The summed E-state index contributed by atoms with van der Waals surface area (Å²) in [5.41, 5.74) is 2.18. The number of benzene rings is 2. The van der Waals surface area contributed by atoms with E-state index in [1.807, 2.05) is 37.4 Å². The molecular weight excluding hydrogens is 521 g/mol. The molecule has 1 N–H and O–H groups in total. The van der Waals surface area contributed by atoms with Crippen molar-refractivity contribution in [2.75, 3.05) is 48.1 Å². The first kappa shape index (κ1) is 26.1. The third-order valence-electron chi connectivity index (χ3n) is 5.49. The van der Waals surface area contributed by atoms with Gasteiger partial charge in [-0.15, -0.1) is 24.0 Å². The molecule has 1 unspecified atom stereocenters. The van der Waals surface area contributed by atoms with Gasteiger partial charge in [0.25, 0.3) is 0 Å². The predicted octanol–water partition coefficient (Wildman–Crippen LogP) is 3.94. The molecule has 1 aliphatic rings. The average Bonchev–Trinajstić information content (AvgIpc) is 3.28. The zero-order valence-corrected chi connectivity index (χ0v) is 21.6. The smallest absolute Gasteiger partial charge is 0.193 e. The van der Waals surface area contributed by atoms with E-state index in [4.69, 9.17) is 18.9 Å². The molecule has 1 heterocycles. The average molecular weight is 555 g/mol. The van der Waals surface area contributed by atoms with Crippen molar-refractivity contribution in [1.29, 1.82) is 0 Å². The standard InChI is InChI=1S/C24H33N3O4.HI/c1-25-24(26-14-20-12-22(29-3)23(30-4)13-21(20)28-2)27-11-10-19(15-27)17-31-16-18-8-6-5-7-9-18;/h5-9,12-13,19H,10-11,14-17H2,1-4H3,(H,25,26);1H. The molecule has 0 aliphatic carbocycles. The lowest BCUT2D eigenvalue weighted by molar-refractivity contribution is 0.0906. The van der Waals surface area contributed by atoms with Crippen molar-refractivity contribution in [3.63, 3.8) is 0 Å². The highest BCUT2D eigenvalue weighted by Crippen LogP contribution is 2.34. The minimum atomic E-state index is 0.